The van der Waals surface area contributed by atoms with Gasteiger partial charge in [0.2, 0.25) is 0 Å². The van der Waals surface area contributed by atoms with Crippen LogP contribution in [0.1, 0.15) is 0 Å². The molecule has 200 valence electrons. The summed E-state index contributed by atoms with van der Waals surface area (Å²) in [5.74, 6) is 0. The van der Waals surface area contributed by atoms with Crippen molar-refractivity contribution in [1.82, 2.24) is 0 Å². The molecule has 0 bridgehead atoms. The van der Waals surface area contributed by atoms with Gasteiger partial charge in [0.25, 0.3) is 0 Å². The van der Waals surface area contributed by atoms with E-state index in [1.165, 1.54) is 0 Å². The molecule has 0 aliphatic carbocycles. The Balaban J connectivity index is 1.58. The third-order valence-electron chi connectivity index (χ3n) is 6.05. The van der Waals surface area contributed by atoms with E-state index in [2.05, 4.69) is 0 Å². The molecule has 3 fully saturated rings. The molecular formula is C18H32O16. The van der Waals surface area contributed by atoms with E-state index in [0.29, 0.717) is 0 Å². The van der Waals surface area contributed by atoms with Crippen LogP contribution in [0.15, 0.2) is 0 Å². The van der Waals surface area contributed by atoms with Gasteiger partial charge in [-0.25, -0.2) is 0 Å². The molecule has 16 heteroatoms. The third-order valence-corrected chi connectivity index (χ3v) is 6.05. The molecule has 0 aromatic heterocycles. The molecule has 0 amide bonds. The summed E-state index contributed by atoms with van der Waals surface area (Å²) in [6.07, 6.45) is -24.4. The van der Waals surface area contributed by atoms with Crippen molar-refractivity contribution in [3.63, 3.8) is 0 Å². The van der Waals surface area contributed by atoms with E-state index >= 15 is 0 Å². The topological polar surface area (TPSA) is 269 Å². The quantitative estimate of drug-likeness (QED) is 0.154. The molecule has 0 unspecified atom stereocenters. The van der Waals surface area contributed by atoms with Crippen LogP contribution in [-0.2, 0) is 23.7 Å². The van der Waals surface area contributed by atoms with Gasteiger partial charge in [-0.3, -0.25) is 0 Å². The van der Waals surface area contributed by atoms with Crippen molar-refractivity contribution in [3.8, 4) is 0 Å². The number of aliphatic hydroxyl groups excluding tert-OH is 11. The Morgan fingerprint density at radius 2 is 0.824 bits per heavy atom. The number of aliphatic hydroxyl groups is 11. The van der Waals surface area contributed by atoms with E-state index in [1.807, 2.05) is 0 Å². The zero-order valence-corrected chi connectivity index (χ0v) is 17.7. The van der Waals surface area contributed by atoms with Crippen LogP contribution in [-0.4, -0.2) is 168 Å². The van der Waals surface area contributed by atoms with Gasteiger partial charge in [-0.1, -0.05) is 0 Å². The van der Waals surface area contributed by atoms with Crippen molar-refractivity contribution < 1.29 is 79.9 Å². The number of rotatable bonds is 7. The first kappa shape index (κ1) is 27.9. The molecule has 3 rings (SSSR count). The minimum Gasteiger partial charge on any atom is -0.394 e. The summed E-state index contributed by atoms with van der Waals surface area (Å²) in [6.45, 7) is -1.84. The summed E-state index contributed by atoms with van der Waals surface area (Å²) in [5.41, 5.74) is 0. The predicted molar refractivity (Wildman–Crippen MR) is 101 cm³/mol. The first-order valence-electron chi connectivity index (χ1n) is 10.6. The van der Waals surface area contributed by atoms with E-state index in [0.717, 1.165) is 0 Å². The van der Waals surface area contributed by atoms with Crippen molar-refractivity contribution in [3.05, 3.63) is 0 Å². The van der Waals surface area contributed by atoms with Gasteiger partial charge < -0.3 is 79.9 Å². The summed E-state index contributed by atoms with van der Waals surface area (Å²) in [6, 6.07) is 0. The Morgan fingerprint density at radius 3 is 1.29 bits per heavy atom. The van der Waals surface area contributed by atoms with Gasteiger partial charge in [-0.15, -0.1) is 0 Å². The van der Waals surface area contributed by atoms with Crippen molar-refractivity contribution >= 4 is 0 Å². The minimum absolute atomic E-state index is 0.570. The van der Waals surface area contributed by atoms with Gasteiger partial charge in [0.1, 0.15) is 73.2 Å². The highest BCUT2D eigenvalue weighted by Crippen LogP contribution is 2.27. The molecule has 0 spiro atoms. The fourth-order valence-electron chi connectivity index (χ4n) is 3.84. The molecule has 0 saturated carbocycles. The highest BCUT2D eigenvalue weighted by Gasteiger charge is 2.48. The molecule has 3 aliphatic rings. The maximum absolute atomic E-state index is 10.2. The number of hydrogen-bond donors (Lipinski definition) is 11. The predicted octanol–water partition coefficient (Wildman–Crippen LogP) is -7.57. The fraction of sp³-hybridized carbons (Fsp3) is 1.00. The molecule has 0 aromatic rings. The van der Waals surface area contributed by atoms with Crippen molar-refractivity contribution in [2.24, 2.45) is 0 Å². The standard InChI is InChI=1S/C18H32O16/c19-1-4-7(20)11(24)14(27)17(33-4)31-3-6-9(22)12(25)15(28)18(34-6)30-2-5-8(21)10(23)13(26)16(29)32-5/h4-29H,1-3H2/t4-,5-,6-,7-,8-,9-,10+,11+,12+,13-,14-,15-,16+,17+,18-/m1/s1. The summed E-state index contributed by atoms with van der Waals surface area (Å²) in [4.78, 5) is 0. The molecule has 15 atom stereocenters. The van der Waals surface area contributed by atoms with Crippen molar-refractivity contribution in [2.75, 3.05) is 19.8 Å². The fourth-order valence-corrected chi connectivity index (χ4v) is 3.84. The lowest BCUT2D eigenvalue weighted by atomic mass is 9.98. The van der Waals surface area contributed by atoms with Crippen LogP contribution in [0, 0.1) is 0 Å². The number of ether oxygens (including phenoxy) is 5. The van der Waals surface area contributed by atoms with Crippen molar-refractivity contribution in [2.45, 2.75) is 92.1 Å². The average Bonchev–Trinajstić information content (AvgIpc) is 2.82. The van der Waals surface area contributed by atoms with Crippen LogP contribution in [0.25, 0.3) is 0 Å². The summed E-state index contributed by atoms with van der Waals surface area (Å²) < 4.78 is 26.1. The van der Waals surface area contributed by atoms with Crippen LogP contribution in [0.3, 0.4) is 0 Å². The Labute approximate surface area is 192 Å². The summed E-state index contributed by atoms with van der Waals surface area (Å²) in [5, 5.41) is 108. The smallest absolute Gasteiger partial charge is 0.186 e. The average molecular weight is 504 g/mol. The Morgan fingerprint density at radius 1 is 0.441 bits per heavy atom. The highest BCUT2D eigenvalue weighted by atomic mass is 16.7. The Kier molecular flexibility index (Phi) is 9.54. The van der Waals surface area contributed by atoms with Gasteiger partial charge in [0.15, 0.2) is 18.9 Å². The lowest BCUT2D eigenvalue weighted by Crippen LogP contribution is -2.62. The zero-order chi connectivity index (χ0) is 25.3. The Hall–Kier alpha value is -0.640. The maximum atomic E-state index is 10.2. The van der Waals surface area contributed by atoms with Crippen LogP contribution in [0.2, 0.25) is 0 Å². The molecule has 34 heavy (non-hydrogen) atoms. The zero-order valence-electron chi connectivity index (χ0n) is 17.7. The van der Waals surface area contributed by atoms with E-state index < -0.39 is 112 Å². The summed E-state index contributed by atoms with van der Waals surface area (Å²) in [7, 11) is 0. The monoisotopic (exact) mass is 504 g/mol. The van der Waals surface area contributed by atoms with Crippen LogP contribution >= 0.6 is 0 Å². The van der Waals surface area contributed by atoms with Crippen LogP contribution in [0.5, 0.6) is 0 Å². The van der Waals surface area contributed by atoms with Crippen LogP contribution < -0.4 is 0 Å². The molecule has 0 radical (unpaired) electrons. The van der Waals surface area contributed by atoms with Gasteiger partial charge in [0, 0.05) is 0 Å². The van der Waals surface area contributed by atoms with E-state index in [-0.39, 0.29) is 0 Å². The molecule has 3 heterocycles. The van der Waals surface area contributed by atoms with Gasteiger partial charge in [0.05, 0.1) is 19.8 Å². The van der Waals surface area contributed by atoms with E-state index in [4.69, 9.17) is 23.7 Å². The second kappa shape index (κ2) is 11.6. The van der Waals surface area contributed by atoms with Crippen LogP contribution in [0.4, 0.5) is 0 Å². The van der Waals surface area contributed by atoms with E-state index in [1.54, 1.807) is 0 Å². The second-order valence-corrected chi connectivity index (χ2v) is 8.42. The van der Waals surface area contributed by atoms with Gasteiger partial charge in [-0.2, -0.15) is 0 Å². The highest BCUT2D eigenvalue weighted by molar-refractivity contribution is 4.92. The SMILES string of the molecule is OC[C@H]1O[C@H](OC[C@H]2O[C@@H](OC[C@H]3O[C@H](O)[C@H](O)[C@@H](O)[C@@H]3O)[C@H](O)[C@@H](O)[C@@H]2O)[C@H](O)[C@@H](O)[C@@H]1O. The maximum Gasteiger partial charge on any atom is 0.186 e. The number of hydrogen-bond acceptors (Lipinski definition) is 16. The first-order valence-corrected chi connectivity index (χ1v) is 10.6. The third kappa shape index (κ3) is 5.68. The van der Waals surface area contributed by atoms with Gasteiger partial charge in [-0.05, 0) is 0 Å². The minimum atomic E-state index is -1.82. The lowest BCUT2D eigenvalue weighted by molar-refractivity contribution is -0.340. The Bertz CT molecular complexity index is 639. The molecule has 11 N–H and O–H groups in total. The normalized spacial score (nSPS) is 52.5. The first-order chi connectivity index (χ1) is 16.0. The molecule has 3 saturated heterocycles. The largest absolute Gasteiger partial charge is 0.394 e. The molecular weight excluding hydrogens is 472 g/mol. The van der Waals surface area contributed by atoms with E-state index in [9.17, 15) is 56.2 Å². The summed E-state index contributed by atoms with van der Waals surface area (Å²) >= 11 is 0. The molecule has 16 nitrogen and oxygen atoms in total. The second-order valence-electron chi connectivity index (χ2n) is 8.42. The van der Waals surface area contributed by atoms with Gasteiger partial charge >= 0.3 is 0 Å². The lowest BCUT2D eigenvalue weighted by Gasteiger charge is -2.43. The van der Waals surface area contributed by atoms with Crippen molar-refractivity contribution in [1.29, 1.82) is 0 Å². The molecule has 0 aromatic carbocycles. The molecule has 3 aliphatic heterocycles.